The molecule has 0 aliphatic heterocycles. The van der Waals surface area contributed by atoms with Crippen LogP contribution in [0.4, 0.5) is 10.7 Å². The molecule has 0 saturated carbocycles. The number of aliphatic hydroxyl groups is 1. The van der Waals surface area contributed by atoms with Crippen LogP contribution in [0.15, 0.2) is 48.7 Å². The van der Waals surface area contributed by atoms with Crippen molar-refractivity contribution in [1.29, 1.82) is 0 Å². The highest BCUT2D eigenvalue weighted by atomic mass is 16.3. The Kier molecular flexibility index (Phi) is 3.97. The first kappa shape index (κ1) is 14.0. The summed E-state index contributed by atoms with van der Waals surface area (Å²) in [5, 5.41) is 22.5. The number of anilines is 1. The molecular weight excluding hydrogens is 282 g/mol. The molecule has 0 aliphatic carbocycles. The molecule has 2 aromatic heterocycles. The van der Waals surface area contributed by atoms with Crippen molar-refractivity contribution in [2.75, 3.05) is 5.32 Å². The summed E-state index contributed by atoms with van der Waals surface area (Å²) in [5.74, 6) is 0.351. The molecule has 0 radical (unpaired) electrons. The fourth-order valence-electron chi connectivity index (χ4n) is 2.13. The van der Waals surface area contributed by atoms with E-state index in [0.29, 0.717) is 18.1 Å². The number of pyridine rings is 1. The first-order chi connectivity index (χ1) is 10.8. The smallest absolute Gasteiger partial charge is 0.321 e. The lowest BCUT2D eigenvalue weighted by molar-refractivity contribution is 0.251. The fourth-order valence-corrected chi connectivity index (χ4v) is 2.13. The molecule has 0 fully saturated rings. The lowest BCUT2D eigenvalue weighted by atomic mass is 10.1. The quantitative estimate of drug-likeness (QED) is 0.681. The van der Waals surface area contributed by atoms with E-state index in [1.54, 1.807) is 16.7 Å². The van der Waals surface area contributed by atoms with E-state index in [1.165, 1.54) is 0 Å². The lowest BCUT2D eigenvalue weighted by Gasteiger charge is -2.09. The molecule has 3 aromatic rings. The summed E-state index contributed by atoms with van der Waals surface area (Å²) in [6.45, 7) is 0.258. The van der Waals surface area contributed by atoms with Crippen molar-refractivity contribution in [1.82, 2.24) is 19.9 Å². The molecule has 0 aliphatic rings. The van der Waals surface area contributed by atoms with Crippen LogP contribution >= 0.6 is 0 Å². The normalized spacial score (nSPS) is 10.6. The van der Waals surface area contributed by atoms with Crippen molar-refractivity contribution in [3.05, 3.63) is 59.8 Å². The average molecular weight is 297 g/mol. The second-order valence-corrected chi connectivity index (χ2v) is 4.69. The molecule has 112 valence electrons. The Balaban J connectivity index is 1.65. The summed E-state index contributed by atoms with van der Waals surface area (Å²) >= 11 is 0. The minimum Gasteiger partial charge on any atom is -0.392 e. The van der Waals surface area contributed by atoms with Gasteiger partial charge in [-0.1, -0.05) is 30.3 Å². The van der Waals surface area contributed by atoms with E-state index >= 15 is 0 Å². The maximum absolute atomic E-state index is 12.0. The molecule has 0 saturated heterocycles. The van der Waals surface area contributed by atoms with Gasteiger partial charge in [-0.2, -0.15) is 0 Å². The highest BCUT2D eigenvalue weighted by Crippen LogP contribution is 2.09. The van der Waals surface area contributed by atoms with Crippen molar-refractivity contribution in [3.8, 4) is 0 Å². The number of fused-ring (bicyclic) bond motifs is 1. The molecule has 0 spiro atoms. The number of aromatic nitrogens is 3. The molecular formula is C15H15N5O2. The SMILES string of the molecule is O=C(NCc1ccccc1CO)Nc1nnc2ccccn12. The van der Waals surface area contributed by atoms with Crippen molar-refractivity contribution >= 4 is 17.6 Å². The van der Waals surface area contributed by atoms with Gasteiger partial charge in [-0.05, 0) is 23.3 Å². The number of hydrogen-bond donors (Lipinski definition) is 3. The van der Waals surface area contributed by atoms with E-state index < -0.39 is 0 Å². The van der Waals surface area contributed by atoms with Crippen LogP contribution in [0.2, 0.25) is 0 Å². The predicted molar refractivity (Wildman–Crippen MR) is 81.2 cm³/mol. The van der Waals surface area contributed by atoms with E-state index in [-0.39, 0.29) is 12.6 Å². The Bertz CT molecular complexity index is 799. The second kappa shape index (κ2) is 6.23. The van der Waals surface area contributed by atoms with Gasteiger partial charge in [0.2, 0.25) is 5.95 Å². The molecule has 1 aromatic carbocycles. The molecule has 0 unspecified atom stereocenters. The zero-order chi connectivity index (χ0) is 15.4. The zero-order valence-corrected chi connectivity index (χ0v) is 11.7. The second-order valence-electron chi connectivity index (χ2n) is 4.69. The molecule has 3 rings (SSSR count). The summed E-state index contributed by atoms with van der Waals surface area (Å²) in [4.78, 5) is 12.0. The average Bonchev–Trinajstić information content (AvgIpc) is 2.96. The van der Waals surface area contributed by atoms with Crippen LogP contribution in [0.3, 0.4) is 0 Å². The van der Waals surface area contributed by atoms with E-state index in [9.17, 15) is 9.90 Å². The number of amides is 2. The largest absolute Gasteiger partial charge is 0.392 e. The molecule has 2 heterocycles. The lowest BCUT2D eigenvalue weighted by Crippen LogP contribution is -2.29. The van der Waals surface area contributed by atoms with Gasteiger partial charge in [-0.25, -0.2) is 4.79 Å². The first-order valence-electron chi connectivity index (χ1n) is 6.80. The van der Waals surface area contributed by atoms with Gasteiger partial charge < -0.3 is 10.4 Å². The molecule has 0 atom stereocenters. The minimum absolute atomic E-state index is 0.0612. The van der Waals surface area contributed by atoms with Crippen LogP contribution in [-0.2, 0) is 13.2 Å². The fraction of sp³-hybridized carbons (Fsp3) is 0.133. The molecule has 0 bridgehead atoms. The number of carbonyl (C=O) groups excluding carboxylic acids is 1. The topological polar surface area (TPSA) is 91.5 Å². The summed E-state index contributed by atoms with van der Waals surface area (Å²) in [5.41, 5.74) is 2.31. The van der Waals surface area contributed by atoms with Gasteiger partial charge in [0.1, 0.15) is 0 Å². The van der Waals surface area contributed by atoms with Crippen molar-refractivity contribution in [2.24, 2.45) is 0 Å². The van der Waals surface area contributed by atoms with Crippen LogP contribution in [0, 0.1) is 0 Å². The molecule has 3 N–H and O–H groups in total. The Morgan fingerprint density at radius 2 is 1.86 bits per heavy atom. The maximum atomic E-state index is 12.0. The molecule has 22 heavy (non-hydrogen) atoms. The van der Waals surface area contributed by atoms with Crippen LogP contribution in [-0.4, -0.2) is 25.7 Å². The summed E-state index contributed by atoms with van der Waals surface area (Å²) in [7, 11) is 0. The number of nitrogens with one attached hydrogen (secondary N) is 2. The summed E-state index contributed by atoms with van der Waals surface area (Å²) in [6.07, 6.45) is 1.77. The summed E-state index contributed by atoms with van der Waals surface area (Å²) < 4.78 is 1.68. The Hall–Kier alpha value is -2.93. The van der Waals surface area contributed by atoms with Gasteiger partial charge >= 0.3 is 6.03 Å². The number of hydrogen-bond acceptors (Lipinski definition) is 4. The van der Waals surface area contributed by atoms with Gasteiger partial charge in [-0.3, -0.25) is 9.72 Å². The number of aliphatic hydroxyl groups excluding tert-OH is 1. The van der Waals surface area contributed by atoms with E-state index in [2.05, 4.69) is 20.8 Å². The first-order valence-corrected chi connectivity index (χ1v) is 6.80. The number of nitrogens with zero attached hydrogens (tertiary/aromatic N) is 3. The third kappa shape index (κ3) is 2.89. The van der Waals surface area contributed by atoms with E-state index in [4.69, 9.17) is 0 Å². The van der Waals surface area contributed by atoms with Crippen molar-refractivity contribution < 1.29 is 9.90 Å². The molecule has 2 amide bonds. The summed E-state index contributed by atoms with van der Waals surface area (Å²) in [6, 6.07) is 12.5. The standard InChI is InChI=1S/C15H15N5O2/c21-10-12-6-2-1-5-11(12)9-16-15(22)17-14-19-18-13-7-3-4-8-20(13)14/h1-8,21H,9-10H2,(H2,16,17,19,22). The van der Waals surface area contributed by atoms with Gasteiger partial charge in [-0.15, -0.1) is 10.2 Å². The zero-order valence-electron chi connectivity index (χ0n) is 11.7. The number of rotatable bonds is 4. The number of carbonyl (C=O) groups is 1. The number of benzene rings is 1. The monoisotopic (exact) mass is 297 g/mol. The van der Waals surface area contributed by atoms with Gasteiger partial charge in [0.25, 0.3) is 0 Å². The Morgan fingerprint density at radius 3 is 2.68 bits per heavy atom. The highest BCUT2D eigenvalue weighted by Gasteiger charge is 2.09. The third-order valence-electron chi connectivity index (χ3n) is 3.27. The highest BCUT2D eigenvalue weighted by molar-refractivity contribution is 5.87. The van der Waals surface area contributed by atoms with Gasteiger partial charge in [0, 0.05) is 12.7 Å². The van der Waals surface area contributed by atoms with E-state index in [0.717, 1.165) is 11.1 Å². The van der Waals surface area contributed by atoms with Crippen molar-refractivity contribution in [3.63, 3.8) is 0 Å². The van der Waals surface area contributed by atoms with Crippen molar-refractivity contribution in [2.45, 2.75) is 13.2 Å². The maximum Gasteiger partial charge on any atom is 0.321 e. The van der Waals surface area contributed by atoms with Crippen LogP contribution in [0.1, 0.15) is 11.1 Å². The molecule has 7 heteroatoms. The van der Waals surface area contributed by atoms with Crippen LogP contribution in [0.25, 0.3) is 5.65 Å². The predicted octanol–water partition coefficient (Wildman–Crippen LogP) is 1.54. The van der Waals surface area contributed by atoms with Crippen LogP contribution in [0.5, 0.6) is 0 Å². The Morgan fingerprint density at radius 1 is 1.09 bits per heavy atom. The van der Waals surface area contributed by atoms with Crippen LogP contribution < -0.4 is 10.6 Å². The molecule has 7 nitrogen and oxygen atoms in total. The number of urea groups is 1. The van der Waals surface area contributed by atoms with Gasteiger partial charge in [0.15, 0.2) is 5.65 Å². The third-order valence-corrected chi connectivity index (χ3v) is 3.27. The van der Waals surface area contributed by atoms with E-state index in [1.807, 2.05) is 36.4 Å². The van der Waals surface area contributed by atoms with Gasteiger partial charge in [0.05, 0.1) is 6.61 Å². The minimum atomic E-state index is -0.383. The Labute approximate surface area is 126 Å².